The average Bonchev–Trinajstić information content (AvgIpc) is 2.79. The summed E-state index contributed by atoms with van der Waals surface area (Å²) in [6.07, 6.45) is 7.95. The van der Waals surface area contributed by atoms with Gasteiger partial charge in [0.15, 0.2) is 11.6 Å². The van der Waals surface area contributed by atoms with Gasteiger partial charge in [-0.25, -0.2) is 24.1 Å². The molecule has 12 heteroatoms. The second kappa shape index (κ2) is 9.69. The van der Waals surface area contributed by atoms with Crippen molar-refractivity contribution in [1.29, 1.82) is 0 Å². The van der Waals surface area contributed by atoms with E-state index in [1.54, 1.807) is 38.4 Å². The molecule has 3 heterocycles. The maximum Gasteiger partial charge on any atom is 0.340 e. The van der Waals surface area contributed by atoms with Crippen molar-refractivity contribution in [1.82, 2.24) is 19.7 Å². The number of nitrogens with zero attached hydrogens (tertiary/aromatic N) is 3. The van der Waals surface area contributed by atoms with Gasteiger partial charge in [-0.3, -0.25) is 4.72 Å². The van der Waals surface area contributed by atoms with Crippen LogP contribution >= 0.6 is 0 Å². The summed E-state index contributed by atoms with van der Waals surface area (Å²) in [5.41, 5.74) is 0.737. The molecule has 0 saturated carbocycles. The van der Waals surface area contributed by atoms with Crippen LogP contribution < -0.4 is 30.4 Å². The van der Waals surface area contributed by atoms with Gasteiger partial charge < -0.3 is 9.15 Å². The van der Waals surface area contributed by atoms with Crippen LogP contribution in [0, 0.1) is 12.7 Å². The fourth-order valence-corrected chi connectivity index (χ4v) is 4.42. The van der Waals surface area contributed by atoms with Gasteiger partial charge in [-0.2, -0.15) is 13.1 Å². The van der Waals surface area contributed by atoms with E-state index in [9.17, 15) is 17.6 Å². The summed E-state index contributed by atoms with van der Waals surface area (Å²) in [5, 5.41) is 0.714. The number of nitrogens with one attached hydrogen (secondary N) is 2. The van der Waals surface area contributed by atoms with Crippen molar-refractivity contribution in [2.45, 2.75) is 32.8 Å². The second-order valence-corrected chi connectivity index (χ2v) is 8.98. The van der Waals surface area contributed by atoms with Crippen molar-refractivity contribution in [3.63, 3.8) is 0 Å². The van der Waals surface area contributed by atoms with Crippen LogP contribution in [0.3, 0.4) is 0 Å². The monoisotopic (exact) mass is 487 g/mol. The van der Waals surface area contributed by atoms with Gasteiger partial charge in [-0.15, -0.1) is 0 Å². The summed E-state index contributed by atoms with van der Waals surface area (Å²) in [7, 11) is -3.97. The third-order valence-corrected chi connectivity index (χ3v) is 6.29. The molecule has 3 aromatic rings. The molecule has 1 aliphatic carbocycles. The number of hydrogen-bond acceptors (Lipinski definition) is 8. The lowest BCUT2D eigenvalue weighted by Gasteiger charge is -2.16. The summed E-state index contributed by atoms with van der Waals surface area (Å²) in [4.78, 5) is 24.6. The first-order valence-electron chi connectivity index (χ1n) is 10.5. The average molecular weight is 488 g/mol. The number of pyridine rings is 1. The molecule has 0 fully saturated rings. The summed E-state index contributed by atoms with van der Waals surface area (Å²) in [5.74, 6) is -1.33. The maximum atomic E-state index is 15.0. The third kappa shape index (κ3) is 5.13. The SMILES string of the molecule is CCNS(=O)(=O)Nc1nccc(Cc2c(C)c3c(oc2=O)=CC(Oc2ncccn2)CC=3)c1F. The minimum Gasteiger partial charge on any atom is -0.455 e. The molecule has 0 bridgehead atoms. The van der Waals surface area contributed by atoms with E-state index in [1.807, 2.05) is 6.08 Å². The number of anilines is 1. The van der Waals surface area contributed by atoms with Crippen LogP contribution in [0.5, 0.6) is 6.01 Å². The molecule has 1 atom stereocenters. The third-order valence-electron chi connectivity index (χ3n) is 5.16. The minimum atomic E-state index is -3.97. The fourth-order valence-electron chi connectivity index (χ4n) is 3.57. The van der Waals surface area contributed by atoms with Crippen LogP contribution in [0.4, 0.5) is 10.2 Å². The quantitative estimate of drug-likeness (QED) is 0.470. The van der Waals surface area contributed by atoms with E-state index >= 15 is 0 Å². The van der Waals surface area contributed by atoms with E-state index in [1.165, 1.54) is 12.3 Å². The second-order valence-electron chi connectivity index (χ2n) is 7.48. The Kier molecular flexibility index (Phi) is 6.70. The van der Waals surface area contributed by atoms with Gasteiger partial charge in [-0.1, -0.05) is 13.0 Å². The highest BCUT2D eigenvalue weighted by molar-refractivity contribution is 7.90. The van der Waals surface area contributed by atoms with E-state index < -0.39 is 33.6 Å². The summed E-state index contributed by atoms with van der Waals surface area (Å²) in [6.45, 7) is 3.48. The van der Waals surface area contributed by atoms with Crippen LogP contribution in [-0.2, 0) is 16.6 Å². The predicted octanol–water partition coefficient (Wildman–Crippen LogP) is 0.542. The van der Waals surface area contributed by atoms with Gasteiger partial charge in [-0.05, 0) is 36.3 Å². The molecule has 0 saturated heterocycles. The lowest BCUT2D eigenvalue weighted by atomic mass is 9.99. The molecule has 0 spiro atoms. The minimum absolute atomic E-state index is 0.0989. The molecule has 178 valence electrons. The van der Waals surface area contributed by atoms with E-state index in [0.717, 1.165) is 0 Å². The predicted molar refractivity (Wildman–Crippen MR) is 122 cm³/mol. The van der Waals surface area contributed by atoms with Crippen LogP contribution in [0.2, 0.25) is 0 Å². The van der Waals surface area contributed by atoms with Crippen molar-refractivity contribution in [3.8, 4) is 6.01 Å². The van der Waals surface area contributed by atoms with Gasteiger partial charge in [0.2, 0.25) is 0 Å². The molecule has 34 heavy (non-hydrogen) atoms. The molecule has 0 aliphatic heterocycles. The highest BCUT2D eigenvalue weighted by atomic mass is 32.2. The Labute approximate surface area is 194 Å². The van der Waals surface area contributed by atoms with E-state index in [4.69, 9.17) is 9.15 Å². The topological polar surface area (TPSA) is 136 Å². The van der Waals surface area contributed by atoms with Gasteiger partial charge in [0.05, 0.1) is 0 Å². The molecule has 4 rings (SSSR count). The number of halogens is 1. The number of ether oxygens (including phenoxy) is 1. The lowest BCUT2D eigenvalue weighted by molar-refractivity contribution is 0.245. The summed E-state index contributed by atoms with van der Waals surface area (Å²) in [6, 6.07) is 3.28. The van der Waals surface area contributed by atoms with Crippen LogP contribution in [0.15, 0.2) is 39.9 Å². The molecular formula is C22H22FN5O5S. The van der Waals surface area contributed by atoms with Crippen molar-refractivity contribution < 1.29 is 22.0 Å². The van der Waals surface area contributed by atoms with Crippen molar-refractivity contribution >= 4 is 28.2 Å². The number of rotatable bonds is 8. The Bertz CT molecular complexity index is 1490. The molecule has 3 aromatic heterocycles. The molecule has 2 N–H and O–H groups in total. The molecule has 1 unspecified atom stereocenters. The van der Waals surface area contributed by atoms with Gasteiger partial charge in [0.1, 0.15) is 11.5 Å². The van der Waals surface area contributed by atoms with E-state index in [2.05, 4.69) is 24.4 Å². The molecule has 10 nitrogen and oxygen atoms in total. The van der Waals surface area contributed by atoms with Crippen LogP contribution in [0.1, 0.15) is 30.0 Å². The van der Waals surface area contributed by atoms with E-state index in [0.29, 0.717) is 22.6 Å². The van der Waals surface area contributed by atoms with Gasteiger partial charge in [0, 0.05) is 48.8 Å². The van der Waals surface area contributed by atoms with Crippen molar-refractivity contribution in [2.24, 2.45) is 0 Å². The number of fused-ring (bicyclic) bond motifs is 1. The first-order valence-corrected chi connectivity index (χ1v) is 11.9. The standard InChI is InChI=1S/C22H22FN5O5S/c1-3-27-34(30,31)28-20-19(23)14(7-10-24-20)11-17-13(2)16-6-5-15(12-18(16)33-21(17)29)32-22-25-8-4-9-26-22/h4,6-10,12,15,27H,3,5,11H2,1-2H3,(H,24,28). The Morgan fingerprint density at radius 1 is 1.24 bits per heavy atom. The van der Waals surface area contributed by atoms with Crippen LogP contribution in [0.25, 0.3) is 12.2 Å². The Balaban J connectivity index is 1.64. The highest BCUT2D eigenvalue weighted by Crippen LogP contribution is 2.19. The molecular weight excluding hydrogens is 465 g/mol. The Morgan fingerprint density at radius 3 is 2.74 bits per heavy atom. The zero-order valence-corrected chi connectivity index (χ0v) is 19.2. The lowest BCUT2D eigenvalue weighted by Crippen LogP contribution is -2.39. The Morgan fingerprint density at radius 2 is 2.00 bits per heavy atom. The fraction of sp³-hybridized carbons (Fsp3) is 0.273. The zero-order valence-electron chi connectivity index (χ0n) is 18.4. The largest absolute Gasteiger partial charge is 0.455 e. The van der Waals surface area contributed by atoms with E-state index in [-0.39, 0.29) is 30.1 Å². The van der Waals surface area contributed by atoms with Crippen molar-refractivity contribution in [3.05, 3.63) is 74.3 Å². The Hall–Kier alpha value is -3.64. The molecule has 0 radical (unpaired) electrons. The first-order chi connectivity index (χ1) is 16.3. The first kappa shape index (κ1) is 23.5. The normalized spacial score (nSPS) is 15.1. The number of hydrogen-bond donors (Lipinski definition) is 2. The van der Waals surface area contributed by atoms with Gasteiger partial charge >= 0.3 is 11.6 Å². The zero-order chi connectivity index (χ0) is 24.3. The maximum absolute atomic E-state index is 15.0. The van der Waals surface area contributed by atoms with Crippen molar-refractivity contribution in [2.75, 3.05) is 11.3 Å². The highest BCUT2D eigenvalue weighted by Gasteiger charge is 2.20. The molecule has 0 amide bonds. The smallest absolute Gasteiger partial charge is 0.340 e. The van der Waals surface area contributed by atoms with Crippen LogP contribution in [-0.4, -0.2) is 36.0 Å². The molecule has 1 aliphatic rings. The summed E-state index contributed by atoms with van der Waals surface area (Å²) >= 11 is 0. The van der Waals surface area contributed by atoms with Gasteiger partial charge in [0.25, 0.3) is 10.2 Å². The summed E-state index contributed by atoms with van der Waals surface area (Å²) < 4.78 is 54.3. The number of aromatic nitrogens is 3. The molecule has 0 aromatic carbocycles.